The summed E-state index contributed by atoms with van der Waals surface area (Å²) < 4.78 is 5.33. The summed E-state index contributed by atoms with van der Waals surface area (Å²) in [6.07, 6.45) is 2.96. The number of nitro groups is 1. The molecule has 0 unspecified atom stereocenters. The van der Waals surface area contributed by atoms with E-state index in [-0.39, 0.29) is 11.5 Å². The normalized spacial score (nSPS) is 10.6. The third kappa shape index (κ3) is 4.19. The zero-order chi connectivity index (χ0) is 17.5. The molecular formula is C18H18N2O4. The number of rotatable bonds is 7. The summed E-state index contributed by atoms with van der Waals surface area (Å²) in [4.78, 5) is 22.7. The van der Waals surface area contributed by atoms with Gasteiger partial charge in [0, 0.05) is 18.7 Å². The molecular weight excluding hydrogens is 308 g/mol. The van der Waals surface area contributed by atoms with Crippen LogP contribution in [0.15, 0.2) is 48.5 Å². The van der Waals surface area contributed by atoms with Crippen molar-refractivity contribution in [3.63, 3.8) is 0 Å². The molecule has 6 heteroatoms. The number of carbonyl (C=O) groups is 1. The summed E-state index contributed by atoms with van der Waals surface area (Å²) in [6, 6.07) is 11.6. The zero-order valence-electron chi connectivity index (χ0n) is 13.5. The first-order valence-electron chi connectivity index (χ1n) is 7.46. The van der Waals surface area contributed by atoms with Crippen molar-refractivity contribution < 1.29 is 14.5 Å². The van der Waals surface area contributed by atoms with Crippen LogP contribution in [0.1, 0.15) is 22.8 Å². The van der Waals surface area contributed by atoms with Crippen molar-refractivity contribution >= 4 is 23.2 Å². The van der Waals surface area contributed by atoms with Crippen LogP contribution in [0.5, 0.6) is 5.75 Å². The van der Waals surface area contributed by atoms with E-state index in [1.54, 1.807) is 49.5 Å². The summed E-state index contributed by atoms with van der Waals surface area (Å²) in [5.74, 6) is 0.523. The number of ketones is 1. The molecule has 6 nitrogen and oxygen atoms in total. The fourth-order valence-electron chi connectivity index (χ4n) is 2.17. The van der Waals surface area contributed by atoms with Gasteiger partial charge in [-0.15, -0.1) is 0 Å². The van der Waals surface area contributed by atoms with Crippen LogP contribution in [0.2, 0.25) is 0 Å². The van der Waals surface area contributed by atoms with Gasteiger partial charge in [-0.05, 0) is 48.9 Å². The van der Waals surface area contributed by atoms with Crippen molar-refractivity contribution in [3.05, 3.63) is 69.8 Å². The van der Waals surface area contributed by atoms with Crippen LogP contribution in [0, 0.1) is 10.1 Å². The Labute approximate surface area is 139 Å². The average Bonchev–Trinajstić information content (AvgIpc) is 2.60. The van der Waals surface area contributed by atoms with Crippen LogP contribution < -0.4 is 10.1 Å². The molecule has 0 saturated carbocycles. The van der Waals surface area contributed by atoms with Gasteiger partial charge in [-0.25, -0.2) is 0 Å². The second kappa shape index (κ2) is 7.92. The number of nitro benzene ring substituents is 1. The van der Waals surface area contributed by atoms with E-state index in [9.17, 15) is 14.9 Å². The third-order valence-corrected chi connectivity index (χ3v) is 3.36. The molecule has 2 rings (SSSR count). The Morgan fingerprint density at radius 3 is 2.54 bits per heavy atom. The maximum absolute atomic E-state index is 12.2. The smallest absolute Gasteiger partial charge is 0.292 e. The lowest BCUT2D eigenvalue weighted by atomic mass is 10.1. The molecule has 0 spiro atoms. The molecule has 0 aliphatic heterocycles. The Bertz CT molecular complexity index is 767. The fourth-order valence-corrected chi connectivity index (χ4v) is 2.17. The lowest BCUT2D eigenvalue weighted by molar-refractivity contribution is -0.383. The van der Waals surface area contributed by atoms with Gasteiger partial charge in [0.05, 0.1) is 11.5 Å². The van der Waals surface area contributed by atoms with Crippen LogP contribution in [0.25, 0.3) is 6.08 Å². The van der Waals surface area contributed by atoms with E-state index in [1.165, 1.54) is 12.1 Å². The highest BCUT2D eigenvalue weighted by Crippen LogP contribution is 2.25. The van der Waals surface area contributed by atoms with Gasteiger partial charge in [0.25, 0.3) is 5.69 Å². The van der Waals surface area contributed by atoms with E-state index in [0.717, 1.165) is 0 Å². The highest BCUT2D eigenvalue weighted by atomic mass is 16.6. The van der Waals surface area contributed by atoms with Crippen LogP contribution in [-0.2, 0) is 0 Å². The Balaban J connectivity index is 2.16. The number of anilines is 1. The van der Waals surface area contributed by atoms with Gasteiger partial charge in [-0.3, -0.25) is 14.9 Å². The van der Waals surface area contributed by atoms with E-state index < -0.39 is 4.92 Å². The third-order valence-electron chi connectivity index (χ3n) is 3.36. The average molecular weight is 326 g/mol. The summed E-state index contributed by atoms with van der Waals surface area (Å²) in [5, 5.41) is 13.8. The number of nitrogens with one attached hydrogen (secondary N) is 1. The zero-order valence-corrected chi connectivity index (χ0v) is 13.5. The van der Waals surface area contributed by atoms with Gasteiger partial charge < -0.3 is 10.1 Å². The van der Waals surface area contributed by atoms with Crippen molar-refractivity contribution in [1.82, 2.24) is 0 Å². The largest absolute Gasteiger partial charge is 0.494 e. The van der Waals surface area contributed by atoms with E-state index in [1.807, 2.05) is 6.92 Å². The number of hydrogen-bond acceptors (Lipinski definition) is 5. The quantitative estimate of drug-likeness (QED) is 0.361. The summed E-state index contributed by atoms with van der Waals surface area (Å²) in [5.41, 5.74) is 1.50. The molecule has 0 bridgehead atoms. The summed E-state index contributed by atoms with van der Waals surface area (Å²) in [7, 11) is 1.62. The second-order valence-corrected chi connectivity index (χ2v) is 4.94. The minimum absolute atomic E-state index is 0.0341. The maximum atomic E-state index is 12.2. The minimum atomic E-state index is -0.461. The van der Waals surface area contributed by atoms with Gasteiger partial charge in [-0.2, -0.15) is 0 Å². The van der Waals surface area contributed by atoms with Crippen LogP contribution in [0.4, 0.5) is 11.4 Å². The van der Waals surface area contributed by atoms with Crippen LogP contribution in [-0.4, -0.2) is 24.4 Å². The Morgan fingerprint density at radius 2 is 1.96 bits per heavy atom. The standard InChI is InChI=1S/C18H18N2O4/c1-3-24-15-8-6-14(7-9-15)18(21)11-5-13-4-10-16(19-2)17(12-13)20(22)23/h4-12,19H,3H2,1-2H3/b11-5+. The second-order valence-electron chi connectivity index (χ2n) is 4.94. The monoisotopic (exact) mass is 326 g/mol. The Hall–Kier alpha value is -3.15. The lowest BCUT2D eigenvalue weighted by Gasteiger charge is -2.03. The number of carbonyl (C=O) groups excluding carboxylic acids is 1. The molecule has 2 aromatic carbocycles. The first-order valence-corrected chi connectivity index (χ1v) is 7.46. The Kier molecular flexibility index (Phi) is 5.68. The van der Waals surface area contributed by atoms with Crippen LogP contribution in [0.3, 0.4) is 0 Å². The minimum Gasteiger partial charge on any atom is -0.494 e. The highest BCUT2D eigenvalue weighted by Gasteiger charge is 2.12. The molecule has 0 saturated heterocycles. The molecule has 0 aliphatic carbocycles. The van der Waals surface area contributed by atoms with Crippen molar-refractivity contribution in [3.8, 4) is 5.75 Å². The predicted octanol–water partition coefficient (Wildman–Crippen LogP) is 3.93. The molecule has 0 radical (unpaired) electrons. The molecule has 124 valence electrons. The first kappa shape index (κ1) is 17.2. The fraction of sp³-hybridized carbons (Fsp3) is 0.167. The van der Waals surface area contributed by atoms with Crippen molar-refractivity contribution in [1.29, 1.82) is 0 Å². The van der Waals surface area contributed by atoms with E-state index in [2.05, 4.69) is 5.32 Å². The lowest BCUT2D eigenvalue weighted by Crippen LogP contribution is -1.97. The molecule has 0 amide bonds. The summed E-state index contributed by atoms with van der Waals surface area (Å²) >= 11 is 0. The SMILES string of the molecule is CCOc1ccc(C(=O)/C=C/c2ccc(NC)c([N+](=O)[O-])c2)cc1. The number of hydrogen-bond donors (Lipinski definition) is 1. The van der Waals surface area contributed by atoms with Crippen molar-refractivity contribution in [2.75, 3.05) is 19.0 Å². The molecule has 0 heterocycles. The highest BCUT2D eigenvalue weighted by molar-refractivity contribution is 6.06. The molecule has 24 heavy (non-hydrogen) atoms. The van der Waals surface area contributed by atoms with Crippen molar-refractivity contribution in [2.24, 2.45) is 0 Å². The maximum Gasteiger partial charge on any atom is 0.292 e. The number of ether oxygens (including phenoxy) is 1. The number of allylic oxidation sites excluding steroid dienone is 1. The molecule has 0 fully saturated rings. The summed E-state index contributed by atoms with van der Waals surface area (Å²) in [6.45, 7) is 2.45. The van der Waals surface area contributed by atoms with Gasteiger partial charge in [-0.1, -0.05) is 12.1 Å². The number of benzene rings is 2. The number of nitrogens with zero attached hydrogens (tertiary/aromatic N) is 1. The van der Waals surface area contributed by atoms with E-state index in [4.69, 9.17) is 4.74 Å². The molecule has 0 atom stereocenters. The molecule has 0 aliphatic rings. The van der Waals surface area contributed by atoms with Gasteiger partial charge in [0.1, 0.15) is 11.4 Å². The molecule has 0 aromatic heterocycles. The van der Waals surface area contributed by atoms with Crippen molar-refractivity contribution in [2.45, 2.75) is 6.92 Å². The predicted molar refractivity (Wildman–Crippen MR) is 93.6 cm³/mol. The molecule has 1 N–H and O–H groups in total. The van der Waals surface area contributed by atoms with Gasteiger partial charge in [0.2, 0.25) is 0 Å². The van der Waals surface area contributed by atoms with E-state index in [0.29, 0.717) is 29.2 Å². The van der Waals surface area contributed by atoms with Crippen LogP contribution >= 0.6 is 0 Å². The van der Waals surface area contributed by atoms with Gasteiger partial charge in [0.15, 0.2) is 5.78 Å². The van der Waals surface area contributed by atoms with E-state index >= 15 is 0 Å². The topological polar surface area (TPSA) is 81.5 Å². The molecule has 2 aromatic rings. The first-order chi connectivity index (χ1) is 11.5. The van der Waals surface area contributed by atoms with Gasteiger partial charge >= 0.3 is 0 Å². The Morgan fingerprint density at radius 1 is 1.25 bits per heavy atom.